The summed E-state index contributed by atoms with van der Waals surface area (Å²) < 4.78 is 38.5. The number of amides is 2. The maximum atomic E-state index is 13.8. The first kappa shape index (κ1) is 30.5. The number of alkyl carbamates (subject to hydrolysis) is 1. The largest absolute Gasteiger partial charge is 0.475 e. The number of nitrogens with zero attached hydrogens (tertiary/aromatic N) is 3. The highest BCUT2D eigenvalue weighted by Crippen LogP contribution is 2.33. The Hall–Kier alpha value is -3.47. The van der Waals surface area contributed by atoms with E-state index in [1.807, 2.05) is 24.3 Å². The number of hydrogen-bond acceptors (Lipinski definition) is 8. The molecule has 2 saturated heterocycles. The number of alkyl halides is 2. The predicted octanol–water partition coefficient (Wildman–Crippen LogP) is 3.03. The Labute approximate surface area is 237 Å². The second-order valence-corrected chi connectivity index (χ2v) is 11.2. The molecule has 0 aliphatic carbocycles. The quantitative estimate of drug-likeness (QED) is 0.237. The maximum absolute atomic E-state index is 13.8. The van der Waals surface area contributed by atoms with Gasteiger partial charge >= 0.3 is 13.2 Å². The van der Waals surface area contributed by atoms with E-state index in [9.17, 15) is 33.7 Å². The fraction of sp³-hybridized carbons (Fsp3) is 0.536. The fourth-order valence-electron chi connectivity index (χ4n) is 5.43. The van der Waals surface area contributed by atoms with Gasteiger partial charge < -0.3 is 29.4 Å². The van der Waals surface area contributed by atoms with Crippen molar-refractivity contribution in [2.75, 3.05) is 26.2 Å². The number of halogens is 2. The minimum absolute atomic E-state index is 0.0763. The minimum Gasteiger partial charge on any atom is -0.464 e. The first-order valence-electron chi connectivity index (χ1n) is 13.7. The lowest BCUT2D eigenvalue weighted by Gasteiger charge is -2.36. The molecule has 1 aromatic carbocycles. The van der Waals surface area contributed by atoms with E-state index in [4.69, 9.17) is 9.15 Å². The molecule has 0 spiro atoms. The van der Waals surface area contributed by atoms with Crippen LogP contribution in [0.4, 0.5) is 13.6 Å². The van der Waals surface area contributed by atoms with Crippen LogP contribution in [0.25, 0.3) is 11.0 Å². The van der Waals surface area contributed by atoms with Gasteiger partial charge in [-0.15, -0.1) is 0 Å². The summed E-state index contributed by atoms with van der Waals surface area (Å²) in [5, 5.41) is 32.8. The average molecular weight is 572 g/mol. The van der Waals surface area contributed by atoms with Crippen molar-refractivity contribution in [3.8, 4) is 6.07 Å². The molecule has 13 heteroatoms. The van der Waals surface area contributed by atoms with Crippen LogP contribution in [-0.4, -0.2) is 88.7 Å². The Kier molecular flexibility index (Phi) is 9.36. The average Bonchev–Trinajstić information content (AvgIpc) is 3.53. The van der Waals surface area contributed by atoms with Crippen LogP contribution in [0.2, 0.25) is 0 Å². The highest BCUT2D eigenvalue weighted by Gasteiger charge is 2.43. The highest BCUT2D eigenvalue weighted by molar-refractivity contribution is 6.43. The van der Waals surface area contributed by atoms with Gasteiger partial charge in [-0.05, 0) is 57.2 Å². The van der Waals surface area contributed by atoms with Crippen LogP contribution in [0.3, 0.4) is 0 Å². The van der Waals surface area contributed by atoms with E-state index in [-0.39, 0.29) is 31.6 Å². The Balaban J connectivity index is 1.38. The first-order valence-corrected chi connectivity index (χ1v) is 13.7. The number of fused-ring (bicyclic) bond motifs is 1. The van der Waals surface area contributed by atoms with Gasteiger partial charge in [-0.25, -0.2) is 13.6 Å². The summed E-state index contributed by atoms with van der Waals surface area (Å²) >= 11 is 0. The summed E-state index contributed by atoms with van der Waals surface area (Å²) in [6, 6.07) is 8.66. The Morgan fingerprint density at radius 3 is 2.76 bits per heavy atom. The lowest BCUT2D eigenvalue weighted by atomic mass is 9.76. The number of rotatable bonds is 9. The van der Waals surface area contributed by atoms with Crippen LogP contribution in [0.1, 0.15) is 45.1 Å². The van der Waals surface area contributed by atoms with Crippen LogP contribution in [-0.2, 0) is 16.0 Å². The molecule has 2 unspecified atom stereocenters. The van der Waals surface area contributed by atoms with Crippen molar-refractivity contribution in [2.24, 2.45) is 0 Å². The summed E-state index contributed by atoms with van der Waals surface area (Å²) in [6.45, 7) is 3.28. The number of nitriles is 1. The summed E-state index contributed by atoms with van der Waals surface area (Å²) in [5.41, 5.74) is 0.214. The topological polar surface area (TPSA) is 139 Å². The molecular formula is C28H35BF2N4O6. The molecule has 41 heavy (non-hydrogen) atoms. The molecule has 2 aliphatic rings. The number of benzene rings is 1. The van der Waals surface area contributed by atoms with Crippen LogP contribution in [0, 0.1) is 11.3 Å². The van der Waals surface area contributed by atoms with Crippen molar-refractivity contribution in [1.29, 1.82) is 5.26 Å². The van der Waals surface area contributed by atoms with Crippen molar-refractivity contribution in [2.45, 2.75) is 69.4 Å². The molecular weight excluding hydrogens is 537 g/mol. The zero-order valence-corrected chi connectivity index (χ0v) is 23.2. The van der Waals surface area contributed by atoms with Crippen molar-refractivity contribution < 1.29 is 37.6 Å². The number of para-hydroxylation sites is 1. The third-order valence-corrected chi connectivity index (χ3v) is 7.79. The first-order chi connectivity index (χ1) is 19.4. The van der Waals surface area contributed by atoms with E-state index in [0.717, 1.165) is 11.8 Å². The molecule has 3 heterocycles. The molecule has 1 aromatic heterocycles. The number of carbonyl (C=O) groups excluding carboxylic acids is 2. The van der Waals surface area contributed by atoms with E-state index in [1.165, 1.54) is 17.2 Å². The van der Waals surface area contributed by atoms with Gasteiger partial charge in [0.15, 0.2) is 0 Å². The minimum atomic E-state index is -2.81. The van der Waals surface area contributed by atoms with Gasteiger partial charge in [0.25, 0.3) is 11.8 Å². The zero-order chi connectivity index (χ0) is 29.8. The molecule has 2 atom stereocenters. The highest BCUT2D eigenvalue weighted by atomic mass is 19.3. The number of likely N-dealkylation sites (tertiary alicyclic amines) is 2. The molecule has 3 N–H and O–H groups in total. The third-order valence-electron chi connectivity index (χ3n) is 7.79. The SMILES string of the molecule is CC(C)(C=C(C#N)C(=O)N1CCCCC1COC(=O)NC(Cc1coc2ccccc12)B(O)O)N1CCC(F)(F)C1. The lowest BCUT2D eigenvalue weighted by molar-refractivity contribution is -0.131. The monoisotopic (exact) mass is 572 g/mol. The Bertz CT molecular complexity index is 1320. The number of piperidine rings is 1. The van der Waals surface area contributed by atoms with Gasteiger partial charge in [-0.1, -0.05) is 18.2 Å². The maximum Gasteiger partial charge on any atom is 0.475 e. The van der Waals surface area contributed by atoms with Gasteiger partial charge in [0.05, 0.1) is 24.8 Å². The van der Waals surface area contributed by atoms with E-state index >= 15 is 0 Å². The third kappa shape index (κ3) is 7.44. The Morgan fingerprint density at radius 2 is 2.07 bits per heavy atom. The molecule has 2 fully saturated rings. The molecule has 220 valence electrons. The van der Waals surface area contributed by atoms with Crippen molar-refractivity contribution in [3.63, 3.8) is 0 Å². The van der Waals surface area contributed by atoms with E-state index in [1.54, 1.807) is 24.8 Å². The normalized spacial score (nSPS) is 20.5. The Morgan fingerprint density at radius 1 is 1.32 bits per heavy atom. The van der Waals surface area contributed by atoms with Crippen molar-refractivity contribution in [1.82, 2.24) is 15.1 Å². The van der Waals surface area contributed by atoms with Crippen LogP contribution in [0.5, 0.6) is 0 Å². The van der Waals surface area contributed by atoms with Crippen molar-refractivity contribution >= 4 is 30.1 Å². The molecule has 4 rings (SSSR count). The molecule has 0 bridgehead atoms. The van der Waals surface area contributed by atoms with E-state index < -0.39 is 49.1 Å². The van der Waals surface area contributed by atoms with Gasteiger partial charge in [0.2, 0.25) is 0 Å². The van der Waals surface area contributed by atoms with Gasteiger partial charge in [0, 0.05) is 30.4 Å². The van der Waals surface area contributed by atoms with E-state index in [2.05, 4.69) is 5.32 Å². The van der Waals surface area contributed by atoms with Gasteiger partial charge in [-0.3, -0.25) is 9.69 Å². The summed E-state index contributed by atoms with van der Waals surface area (Å²) in [6.07, 6.45) is 3.86. The number of carbonyl (C=O) groups is 2. The molecule has 10 nitrogen and oxygen atoms in total. The standard InChI is InChI=1S/C28H35BF2N4O6/c1-27(2,34-12-10-28(30,31)18-34)14-20(15-32)25(36)35-11-6-5-7-21(35)17-41-26(37)33-24(29(38)39)13-19-16-40-23-9-4-3-8-22(19)23/h3-4,8-9,14,16,21,24,38-39H,5-7,10-13,17-18H2,1-2H3,(H,33,37). The number of furan rings is 1. The second-order valence-electron chi connectivity index (χ2n) is 11.2. The zero-order valence-electron chi connectivity index (χ0n) is 23.2. The van der Waals surface area contributed by atoms with Crippen LogP contribution in [0.15, 0.2) is 46.6 Å². The summed E-state index contributed by atoms with van der Waals surface area (Å²) in [4.78, 5) is 29.1. The van der Waals surface area contributed by atoms with Gasteiger partial charge in [0.1, 0.15) is 23.8 Å². The van der Waals surface area contributed by atoms with Crippen LogP contribution < -0.4 is 5.32 Å². The fourth-order valence-corrected chi connectivity index (χ4v) is 5.43. The molecule has 0 saturated carbocycles. The number of nitrogens with one attached hydrogen (secondary N) is 1. The summed E-state index contributed by atoms with van der Waals surface area (Å²) in [5.74, 6) is -4.44. The van der Waals surface area contributed by atoms with Gasteiger partial charge in [-0.2, -0.15) is 5.26 Å². The lowest BCUT2D eigenvalue weighted by Crippen LogP contribution is -2.50. The van der Waals surface area contributed by atoms with E-state index in [0.29, 0.717) is 30.5 Å². The number of ether oxygens (including phenoxy) is 1. The second kappa shape index (κ2) is 12.6. The molecule has 2 aromatic rings. The smallest absolute Gasteiger partial charge is 0.464 e. The number of hydrogen-bond donors (Lipinski definition) is 3. The molecule has 2 aliphatic heterocycles. The summed E-state index contributed by atoms with van der Waals surface area (Å²) in [7, 11) is -1.87. The molecule has 0 radical (unpaired) electrons. The predicted molar refractivity (Wildman–Crippen MR) is 147 cm³/mol. The van der Waals surface area contributed by atoms with Crippen LogP contribution >= 0.6 is 0 Å². The molecule has 2 amide bonds. The van der Waals surface area contributed by atoms with Crippen molar-refractivity contribution in [3.05, 3.63) is 47.7 Å².